The third-order valence-corrected chi connectivity index (χ3v) is 4.08. The largest absolute Gasteiger partial charge is 0.452 e. The lowest BCUT2D eigenvalue weighted by atomic mass is 10.2. The third-order valence-electron chi connectivity index (χ3n) is 2.56. The zero-order chi connectivity index (χ0) is 18.2. The fraction of sp³-hybridized carbons (Fsp3) is 0.231. The summed E-state index contributed by atoms with van der Waals surface area (Å²) in [5, 5.41) is 2.89. The predicted octanol–water partition coefficient (Wildman–Crippen LogP) is 1.42. The molecule has 1 atom stereocenters. The highest BCUT2D eigenvalue weighted by molar-refractivity contribution is 7.79. The summed E-state index contributed by atoms with van der Waals surface area (Å²) in [4.78, 5) is 25.9. The summed E-state index contributed by atoms with van der Waals surface area (Å²) >= 11 is -0.805. The molecule has 0 aliphatic carbocycles. The van der Waals surface area contributed by atoms with Gasteiger partial charge in [-0.2, -0.15) is 4.98 Å². The van der Waals surface area contributed by atoms with Gasteiger partial charge >= 0.3 is 12.1 Å². The molecule has 0 aliphatic rings. The highest BCUT2D eigenvalue weighted by Crippen LogP contribution is 2.18. The van der Waals surface area contributed by atoms with Crippen LogP contribution < -0.4 is 20.4 Å². The summed E-state index contributed by atoms with van der Waals surface area (Å²) in [5.74, 6) is -0.0997. The lowest BCUT2D eigenvalue weighted by molar-refractivity contribution is -0.114. The molecule has 0 aliphatic heterocycles. The summed E-state index contributed by atoms with van der Waals surface area (Å²) in [7, 11) is 1.22. The number of benzene rings is 1. The van der Waals surface area contributed by atoms with Crippen molar-refractivity contribution in [3.63, 3.8) is 0 Å². The molecule has 0 fully saturated rings. The number of amides is 2. The number of ether oxygens (including phenoxy) is 1. The number of hydrazine groups is 1. The van der Waals surface area contributed by atoms with Crippen LogP contribution in [0.5, 0.6) is 6.01 Å². The molecule has 2 amide bonds. The molecule has 1 aromatic heterocycles. The van der Waals surface area contributed by atoms with Crippen molar-refractivity contribution in [2.24, 2.45) is 0 Å². The third kappa shape index (κ3) is 6.35. The average Bonchev–Trinajstić information content (AvgIpc) is 2.99. The molecule has 12 heteroatoms. The normalized spacial score (nSPS) is 11.3. The summed E-state index contributed by atoms with van der Waals surface area (Å²) in [5.41, 5.74) is 5.99. The van der Waals surface area contributed by atoms with Crippen molar-refractivity contribution in [1.29, 1.82) is 0 Å². The fourth-order valence-corrected chi connectivity index (χ4v) is 2.90. The van der Waals surface area contributed by atoms with Gasteiger partial charge in [-0.1, -0.05) is 12.1 Å². The van der Waals surface area contributed by atoms with Crippen molar-refractivity contribution in [2.75, 3.05) is 17.9 Å². The van der Waals surface area contributed by atoms with Gasteiger partial charge in [-0.15, -0.1) is 4.37 Å². The van der Waals surface area contributed by atoms with Gasteiger partial charge in [-0.05, 0) is 17.7 Å². The Morgan fingerprint density at radius 2 is 2.16 bits per heavy atom. The second kappa shape index (κ2) is 8.94. The first-order valence-corrected chi connectivity index (χ1v) is 8.85. The summed E-state index contributed by atoms with van der Waals surface area (Å²) in [6.45, 7) is 1.41. The lowest BCUT2D eigenvalue weighted by Crippen LogP contribution is -2.28. The van der Waals surface area contributed by atoms with Gasteiger partial charge in [0.2, 0.25) is 22.1 Å². The van der Waals surface area contributed by atoms with E-state index in [1.807, 2.05) is 0 Å². The van der Waals surface area contributed by atoms with Crippen molar-refractivity contribution in [3.05, 3.63) is 29.8 Å². The molecular formula is C13H15N5O5S2. The maximum absolute atomic E-state index is 12.1. The number of methoxy groups -OCH3 is 1. The Bertz CT molecular complexity index is 782. The van der Waals surface area contributed by atoms with Crippen LogP contribution in [0.2, 0.25) is 0 Å². The molecule has 2 aromatic rings. The monoisotopic (exact) mass is 385 g/mol. The van der Waals surface area contributed by atoms with Crippen molar-refractivity contribution < 1.29 is 22.7 Å². The number of anilines is 2. The Morgan fingerprint density at radius 1 is 1.36 bits per heavy atom. The zero-order valence-electron chi connectivity index (χ0n) is 13.3. The Labute approximate surface area is 149 Å². The molecule has 0 spiro atoms. The predicted molar refractivity (Wildman–Crippen MR) is 92.3 cm³/mol. The van der Waals surface area contributed by atoms with Crippen molar-refractivity contribution in [1.82, 2.24) is 14.8 Å². The second-order valence-electron chi connectivity index (χ2n) is 4.54. The molecule has 1 unspecified atom stereocenters. The SMILES string of the molecule is COC(=O)NNc1nc(OS(=O)Cc2cccc(NC(C)=O)c2)ns1. The summed E-state index contributed by atoms with van der Waals surface area (Å²) in [6.07, 6.45) is -0.694. The van der Waals surface area contributed by atoms with E-state index in [1.54, 1.807) is 24.3 Å². The second-order valence-corrected chi connectivity index (χ2v) is 6.35. The van der Waals surface area contributed by atoms with Gasteiger partial charge in [0.25, 0.3) is 0 Å². The molecular weight excluding hydrogens is 370 g/mol. The van der Waals surface area contributed by atoms with E-state index in [9.17, 15) is 13.8 Å². The summed E-state index contributed by atoms with van der Waals surface area (Å²) < 4.78 is 25.4. The van der Waals surface area contributed by atoms with E-state index in [0.717, 1.165) is 11.5 Å². The van der Waals surface area contributed by atoms with Crippen LogP contribution in [0.25, 0.3) is 0 Å². The minimum Gasteiger partial charge on any atom is -0.452 e. The van der Waals surface area contributed by atoms with Gasteiger partial charge in [0.1, 0.15) is 0 Å². The number of nitrogens with one attached hydrogen (secondary N) is 3. The van der Waals surface area contributed by atoms with Gasteiger partial charge in [0.05, 0.1) is 12.9 Å². The Balaban J connectivity index is 1.89. The molecule has 0 saturated heterocycles. The van der Waals surface area contributed by atoms with Crippen LogP contribution in [-0.2, 0) is 26.4 Å². The topological polar surface area (TPSA) is 132 Å². The number of nitrogens with zero attached hydrogens (tertiary/aromatic N) is 2. The number of hydrogen-bond acceptors (Lipinski definition) is 9. The lowest BCUT2D eigenvalue weighted by Gasteiger charge is -2.05. The molecule has 25 heavy (non-hydrogen) atoms. The number of carbonyl (C=O) groups excluding carboxylic acids is 2. The maximum Gasteiger partial charge on any atom is 0.425 e. The van der Waals surface area contributed by atoms with E-state index < -0.39 is 17.2 Å². The van der Waals surface area contributed by atoms with Crippen LogP contribution in [0.1, 0.15) is 12.5 Å². The van der Waals surface area contributed by atoms with Crippen LogP contribution in [0, 0.1) is 0 Å². The molecule has 0 radical (unpaired) electrons. The van der Waals surface area contributed by atoms with Crippen LogP contribution in [-0.4, -0.2) is 32.7 Å². The first-order valence-electron chi connectivity index (χ1n) is 6.83. The van der Waals surface area contributed by atoms with Crippen LogP contribution in [0.15, 0.2) is 24.3 Å². The van der Waals surface area contributed by atoms with Gasteiger partial charge in [0.15, 0.2) is 0 Å². The first-order chi connectivity index (χ1) is 12.0. The molecule has 0 saturated carbocycles. The maximum atomic E-state index is 12.1. The fourth-order valence-electron chi connectivity index (χ4n) is 1.64. The zero-order valence-corrected chi connectivity index (χ0v) is 14.9. The van der Waals surface area contributed by atoms with E-state index >= 15 is 0 Å². The van der Waals surface area contributed by atoms with Crippen LogP contribution in [0.4, 0.5) is 15.6 Å². The highest BCUT2D eigenvalue weighted by atomic mass is 32.2. The number of hydrogen-bond donors (Lipinski definition) is 3. The van der Waals surface area contributed by atoms with Crippen molar-refractivity contribution in [3.8, 4) is 6.01 Å². The molecule has 0 bridgehead atoms. The minimum atomic E-state index is -1.71. The van der Waals surface area contributed by atoms with E-state index in [4.69, 9.17) is 4.18 Å². The molecule has 2 rings (SSSR count). The average molecular weight is 385 g/mol. The number of aromatic nitrogens is 2. The van der Waals surface area contributed by atoms with Gasteiger partial charge in [0, 0.05) is 24.1 Å². The van der Waals surface area contributed by atoms with Gasteiger partial charge < -0.3 is 14.2 Å². The van der Waals surface area contributed by atoms with E-state index in [0.29, 0.717) is 11.3 Å². The van der Waals surface area contributed by atoms with E-state index in [1.165, 1.54) is 14.0 Å². The quantitative estimate of drug-likeness (QED) is 0.610. The van der Waals surface area contributed by atoms with E-state index in [-0.39, 0.29) is 22.8 Å². The summed E-state index contributed by atoms with van der Waals surface area (Å²) in [6, 6.07) is 6.83. The molecule has 3 N–H and O–H groups in total. The molecule has 10 nitrogen and oxygen atoms in total. The Kier molecular flexibility index (Phi) is 6.65. The van der Waals surface area contributed by atoms with E-state index in [2.05, 4.69) is 30.3 Å². The molecule has 1 heterocycles. The first kappa shape index (κ1) is 18.6. The number of rotatable bonds is 7. The molecule has 134 valence electrons. The van der Waals surface area contributed by atoms with Gasteiger partial charge in [-0.3, -0.25) is 10.2 Å². The number of carbonyl (C=O) groups is 2. The standard InChI is InChI=1S/C13H15N5O5S2/c1-8(19)14-10-5-3-4-9(6-10)7-25(21)23-11-15-12(24-18-11)16-17-13(20)22-2/h3-6H,7H2,1-2H3,(H,14,19)(H,17,20)(H,15,16,18). The smallest absolute Gasteiger partial charge is 0.425 e. The van der Waals surface area contributed by atoms with Crippen molar-refractivity contribution in [2.45, 2.75) is 12.7 Å². The minimum absolute atomic E-state index is 0.0875. The Hall–Kier alpha value is -2.73. The highest BCUT2D eigenvalue weighted by Gasteiger charge is 2.11. The van der Waals surface area contributed by atoms with Gasteiger partial charge in [-0.25, -0.2) is 14.4 Å². The van der Waals surface area contributed by atoms with Crippen molar-refractivity contribution >= 4 is 45.4 Å². The van der Waals surface area contributed by atoms with Crippen LogP contribution >= 0.6 is 11.5 Å². The molecule has 1 aromatic carbocycles. The Morgan fingerprint density at radius 3 is 2.88 bits per heavy atom. The van der Waals surface area contributed by atoms with Crippen LogP contribution in [0.3, 0.4) is 0 Å².